The zero-order valence-electron chi connectivity index (χ0n) is 7.20. The van der Waals surface area contributed by atoms with E-state index in [1.54, 1.807) is 0 Å². The summed E-state index contributed by atoms with van der Waals surface area (Å²) in [5.74, 6) is 0. The van der Waals surface area contributed by atoms with Crippen molar-refractivity contribution in [3.05, 3.63) is 0 Å². The molecule has 13 heavy (non-hydrogen) atoms. The highest BCUT2D eigenvalue weighted by Gasteiger charge is 2.30. The van der Waals surface area contributed by atoms with Crippen LogP contribution in [0.15, 0.2) is 0 Å². The lowest BCUT2D eigenvalue weighted by Gasteiger charge is -2.31. The second-order valence-corrected chi connectivity index (χ2v) is 2.66. The zero-order chi connectivity index (χ0) is 9.84. The smallest absolute Gasteiger partial charge is 0.409 e. The van der Waals surface area contributed by atoms with Gasteiger partial charge in [0.2, 0.25) is 0 Å². The monoisotopic (exact) mass is 195 g/mol. The van der Waals surface area contributed by atoms with Crippen LogP contribution >= 0.6 is 0 Å². The third-order valence-corrected chi connectivity index (χ3v) is 1.81. The number of methoxy groups -OCH3 is 1. The number of morpholine rings is 1. The molecule has 1 aliphatic heterocycles. The van der Waals surface area contributed by atoms with Gasteiger partial charge >= 0.3 is 6.09 Å². The number of nitrogens with zero attached hydrogens (tertiary/aromatic N) is 1. The number of amides is 1. The predicted octanol–water partition coefficient (Wildman–Crippen LogP) is 0.719. The lowest BCUT2D eigenvalue weighted by Crippen LogP contribution is -2.48. The highest BCUT2D eigenvalue weighted by molar-refractivity contribution is 5.67. The molecule has 1 rings (SSSR count). The zero-order valence-corrected chi connectivity index (χ0v) is 7.20. The SMILES string of the molecule is COC(=O)N1CCOC(C(F)F)C1. The molecule has 1 amide bonds. The average molecular weight is 195 g/mol. The summed E-state index contributed by atoms with van der Waals surface area (Å²) < 4.78 is 33.5. The molecule has 0 aromatic rings. The second kappa shape index (κ2) is 4.36. The van der Waals surface area contributed by atoms with Gasteiger partial charge in [0, 0.05) is 6.54 Å². The highest BCUT2D eigenvalue weighted by atomic mass is 19.3. The number of rotatable bonds is 1. The number of ether oxygens (including phenoxy) is 2. The molecule has 0 N–H and O–H groups in total. The minimum atomic E-state index is -2.56. The van der Waals surface area contributed by atoms with Gasteiger partial charge in [-0.15, -0.1) is 0 Å². The summed E-state index contributed by atoms with van der Waals surface area (Å²) in [6.07, 6.45) is -4.34. The standard InChI is InChI=1S/C7H11F2NO3/c1-12-7(11)10-2-3-13-5(4-10)6(8)9/h5-6H,2-4H2,1H3. The molecule has 1 saturated heterocycles. The van der Waals surface area contributed by atoms with E-state index in [1.165, 1.54) is 12.0 Å². The van der Waals surface area contributed by atoms with E-state index in [-0.39, 0.29) is 13.2 Å². The number of carbonyl (C=O) groups is 1. The maximum atomic E-state index is 12.2. The van der Waals surface area contributed by atoms with Crippen LogP contribution in [0.3, 0.4) is 0 Å². The molecule has 0 spiro atoms. The molecule has 4 nitrogen and oxygen atoms in total. The van der Waals surface area contributed by atoms with Crippen molar-refractivity contribution >= 4 is 6.09 Å². The summed E-state index contributed by atoms with van der Waals surface area (Å²) in [5, 5.41) is 0. The fourth-order valence-corrected chi connectivity index (χ4v) is 1.12. The summed E-state index contributed by atoms with van der Waals surface area (Å²) in [6.45, 7) is 0.324. The van der Waals surface area contributed by atoms with Gasteiger partial charge in [-0.2, -0.15) is 0 Å². The Labute approximate surface area is 74.4 Å². The molecule has 1 unspecified atom stereocenters. The van der Waals surface area contributed by atoms with E-state index in [9.17, 15) is 13.6 Å². The van der Waals surface area contributed by atoms with E-state index in [2.05, 4.69) is 4.74 Å². The number of hydrogen-bond acceptors (Lipinski definition) is 3. The molecule has 1 heterocycles. The minimum Gasteiger partial charge on any atom is -0.453 e. The topological polar surface area (TPSA) is 38.8 Å². The van der Waals surface area contributed by atoms with Gasteiger partial charge in [-0.1, -0.05) is 0 Å². The first-order valence-electron chi connectivity index (χ1n) is 3.87. The molecule has 76 valence electrons. The van der Waals surface area contributed by atoms with Crippen LogP contribution in [0.1, 0.15) is 0 Å². The summed E-state index contributed by atoms with van der Waals surface area (Å²) >= 11 is 0. The predicted molar refractivity (Wildman–Crippen MR) is 39.7 cm³/mol. The van der Waals surface area contributed by atoms with Crippen LogP contribution < -0.4 is 0 Å². The molecule has 1 aliphatic rings. The molecule has 0 aromatic carbocycles. The fraction of sp³-hybridized carbons (Fsp3) is 0.857. The Morgan fingerprint density at radius 3 is 2.92 bits per heavy atom. The van der Waals surface area contributed by atoms with E-state index in [1.807, 2.05) is 0 Å². The Balaban J connectivity index is 2.46. The van der Waals surface area contributed by atoms with Crippen molar-refractivity contribution in [2.45, 2.75) is 12.5 Å². The number of carbonyl (C=O) groups excluding carboxylic acids is 1. The van der Waals surface area contributed by atoms with Gasteiger partial charge < -0.3 is 14.4 Å². The molecule has 1 fully saturated rings. The fourth-order valence-electron chi connectivity index (χ4n) is 1.12. The molecule has 1 atom stereocenters. The molecule has 0 aromatic heterocycles. The minimum absolute atomic E-state index is 0.107. The molecule has 0 aliphatic carbocycles. The van der Waals surface area contributed by atoms with Crippen molar-refractivity contribution in [2.24, 2.45) is 0 Å². The average Bonchev–Trinajstić information content (AvgIpc) is 2.17. The normalized spacial score (nSPS) is 23.4. The number of hydrogen-bond donors (Lipinski definition) is 0. The van der Waals surface area contributed by atoms with Crippen molar-refractivity contribution in [2.75, 3.05) is 26.8 Å². The number of alkyl halides is 2. The Kier molecular flexibility index (Phi) is 3.41. The van der Waals surface area contributed by atoms with Gasteiger partial charge in [-0.3, -0.25) is 0 Å². The van der Waals surface area contributed by atoms with E-state index in [4.69, 9.17) is 4.74 Å². The Bertz CT molecular complexity index is 189. The van der Waals surface area contributed by atoms with Gasteiger partial charge in [0.1, 0.15) is 6.10 Å². The summed E-state index contributed by atoms with van der Waals surface area (Å²) in [7, 11) is 1.22. The maximum absolute atomic E-state index is 12.2. The van der Waals surface area contributed by atoms with Crippen LogP contribution in [-0.2, 0) is 9.47 Å². The molecular formula is C7H11F2NO3. The maximum Gasteiger partial charge on any atom is 0.409 e. The van der Waals surface area contributed by atoms with Gasteiger partial charge in [-0.25, -0.2) is 13.6 Å². The molecule has 0 radical (unpaired) electrons. The van der Waals surface area contributed by atoms with Gasteiger partial charge in [0.15, 0.2) is 0 Å². The Morgan fingerprint density at radius 2 is 2.38 bits per heavy atom. The van der Waals surface area contributed by atoms with Gasteiger partial charge in [0.05, 0.1) is 20.3 Å². The van der Waals surface area contributed by atoms with Gasteiger partial charge in [-0.05, 0) is 0 Å². The van der Waals surface area contributed by atoms with Gasteiger partial charge in [0.25, 0.3) is 6.43 Å². The van der Waals surface area contributed by atoms with E-state index in [0.717, 1.165) is 0 Å². The van der Waals surface area contributed by atoms with E-state index in [0.29, 0.717) is 6.54 Å². The van der Waals surface area contributed by atoms with Crippen molar-refractivity contribution < 1.29 is 23.0 Å². The van der Waals surface area contributed by atoms with Crippen molar-refractivity contribution in [1.82, 2.24) is 4.90 Å². The van der Waals surface area contributed by atoms with Crippen LogP contribution in [-0.4, -0.2) is 50.3 Å². The first-order chi connectivity index (χ1) is 6.15. The third-order valence-electron chi connectivity index (χ3n) is 1.81. The van der Waals surface area contributed by atoms with Crippen LogP contribution in [0.4, 0.5) is 13.6 Å². The van der Waals surface area contributed by atoms with Crippen LogP contribution in [0, 0.1) is 0 Å². The van der Waals surface area contributed by atoms with E-state index >= 15 is 0 Å². The quantitative estimate of drug-likeness (QED) is 0.618. The molecule has 0 saturated carbocycles. The number of halogens is 2. The summed E-state index contributed by atoms with van der Waals surface area (Å²) in [5.41, 5.74) is 0. The lowest BCUT2D eigenvalue weighted by atomic mass is 10.3. The van der Waals surface area contributed by atoms with Crippen LogP contribution in [0.5, 0.6) is 0 Å². The highest BCUT2D eigenvalue weighted by Crippen LogP contribution is 2.12. The first kappa shape index (κ1) is 10.2. The second-order valence-electron chi connectivity index (χ2n) is 2.66. The van der Waals surface area contributed by atoms with Crippen molar-refractivity contribution in [3.8, 4) is 0 Å². The van der Waals surface area contributed by atoms with E-state index < -0.39 is 18.6 Å². The lowest BCUT2D eigenvalue weighted by molar-refractivity contribution is -0.0967. The largest absolute Gasteiger partial charge is 0.453 e. The molecule has 0 bridgehead atoms. The van der Waals surface area contributed by atoms with Crippen molar-refractivity contribution in [3.63, 3.8) is 0 Å². The summed E-state index contributed by atoms with van der Waals surface area (Å²) in [4.78, 5) is 12.1. The Hall–Kier alpha value is -0.910. The van der Waals surface area contributed by atoms with Crippen LogP contribution in [0.25, 0.3) is 0 Å². The molecule has 6 heteroatoms. The first-order valence-corrected chi connectivity index (χ1v) is 3.87. The molecular weight excluding hydrogens is 184 g/mol. The summed E-state index contributed by atoms with van der Waals surface area (Å²) in [6, 6.07) is 0. The van der Waals surface area contributed by atoms with Crippen LogP contribution in [0.2, 0.25) is 0 Å². The third kappa shape index (κ3) is 2.51. The Morgan fingerprint density at radius 1 is 1.69 bits per heavy atom. The van der Waals surface area contributed by atoms with Crippen molar-refractivity contribution in [1.29, 1.82) is 0 Å².